The van der Waals surface area contributed by atoms with Crippen LogP contribution in [0.15, 0.2) is 29.4 Å². The van der Waals surface area contributed by atoms with E-state index in [2.05, 4.69) is 17.5 Å². The summed E-state index contributed by atoms with van der Waals surface area (Å²) >= 11 is 0. The molecule has 0 aliphatic carbocycles. The maximum atomic E-state index is 11.9. The molecule has 2 rings (SSSR count). The van der Waals surface area contributed by atoms with Gasteiger partial charge >= 0.3 is 0 Å². The predicted octanol–water partition coefficient (Wildman–Crippen LogP) is 4.03. The number of nitrogens with one attached hydrogen (secondary N) is 1. The lowest BCUT2D eigenvalue weighted by molar-refractivity contribution is -0.159. The molecule has 0 aromatic heterocycles. The predicted molar refractivity (Wildman–Crippen MR) is 106 cm³/mol. The van der Waals surface area contributed by atoms with E-state index >= 15 is 0 Å². The Morgan fingerprint density at radius 2 is 1.81 bits per heavy atom. The number of hydrazone groups is 1. The first kappa shape index (κ1) is 21.4. The van der Waals surface area contributed by atoms with Crippen LogP contribution in [0.5, 0.6) is 5.75 Å². The Bertz CT molecular complexity index is 580. The Morgan fingerprint density at radius 1 is 1.15 bits per heavy atom. The molecule has 0 bridgehead atoms. The van der Waals surface area contributed by atoms with Crippen molar-refractivity contribution in [1.82, 2.24) is 5.43 Å². The minimum Gasteiger partial charge on any atom is -0.494 e. The van der Waals surface area contributed by atoms with E-state index in [0.717, 1.165) is 24.3 Å². The molecule has 1 fully saturated rings. The summed E-state index contributed by atoms with van der Waals surface area (Å²) in [6.45, 7) is 5.76. The van der Waals surface area contributed by atoms with Crippen molar-refractivity contribution in [2.45, 2.75) is 64.6 Å². The number of unbranched alkanes of at least 4 members (excludes halogenated alkanes) is 5. The summed E-state index contributed by atoms with van der Waals surface area (Å²) in [6.07, 6.45) is 9.24. The van der Waals surface area contributed by atoms with E-state index in [1.807, 2.05) is 24.3 Å². The molecule has 0 spiro atoms. The number of carbonyl (C=O) groups is 1. The largest absolute Gasteiger partial charge is 0.494 e. The van der Waals surface area contributed by atoms with E-state index < -0.39 is 5.79 Å². The van der Waals surface area contributed by atoms with Crippen LogP contribution in [-0.4, -0.2) is 37.7 Å². The van der Waals surface area contributed by atoms with Gasteiger partial charge in [0.2, 0.25) is 5.91 Å². The number of ether oxygens (including phenoxy) is 3. The Hall–Kier alpha value is -1.92. The van der Waals surface area contributed by atoms with E-state index in [0.29, 0.717) is 13.2 Å². The molecule has 0 radical (unpaired) electrons. The van der Waals surface area contributed by atoms with Crippen molar-refractivity contribution < 1.29 is 19.0 Å². The number of rotatable bonds is 12. The molecule has 27 heavy (non-hydrogen) atoms. The van der Waals surface area contributed by atoms with Crippen LogP contribution < -0.4 is 10.2 Å². The first-order valence-corrected chi connectivity index (χ1v) is 9.94. The highest BCUT2D eigenvalue weighted by molar-refractivity contribution is 5.82. The van der Waals surface area contributed by atoms with Crippen molar-refractivity contribution in [3.8, 4) is 5.75 Å². The number of amides is 1. The highest BCUT2D eigenvalue weighted by atomic mass is 16.7. The van der Waals surface area contributed by atoms with Gasteiger partial charge in [-0.2, -0.15) is 5.10 Å². The fourth-order valence-corrected chi connectivity index (χ4v) is 2.89. The molecule has 0 saturated carbocycles. The molecule has 6 nitrogen and oxygen atoms in total. The molecule has 1 heterocycles. The highest BCUT2D eigenvalue weighted by Gasteiger charge is 2.33. The third-order valence-corrected chi connectivity index (χ3v) is 4.43. The number of hydrogen-bond donors (Lipinski definition) is 1. The van der Waals surface area contributed by atoms with E-state index in [1.54, 1.807) is 13.1 Å². The van der Waals surface area contributed by atoms with Gasteiger partial charge in [-0.05, 0) is 43.2 Å². The van der Waals surface area contributed by atoms with Gasteiger partial charge in [0.15, 0.2) is 5.79 Å². The Kier molecular flexibility index (Phi) is 9.28. The van der Waals surface area contributed by atoms with Crippen LogP contribution in [0.4, 0.5) is 0 Å². The molecule has 1 N–H and O–H groups in total. The first-order chi connectivity index (χ1) is 13.1. The van der Waals surface area contributed by atoms with Gasteiger partial charge in [-0.25, -0.2) is 5.43 Å². The summed E-state index contributed by atoms with van der Waals surface area (Å²) in [5, 5.41) is 3.98. The number of nitrogens with zero attached hydrogens (tertiary/aromatic N) is 1. The SMILES string of the molecule is CCCCCCCCOc1ccc(/C=N\NC(=O)CC2(C)OCCO2)cc1. The van der Waals surface area contributed by atoms with Crippen molar-refractivity contribution in [1.29, 1.82) is 0 Å². The third-order valence-electron chi connectivity index (χ3n) is 4.43. The van der Waals surface area contributed by atoms with Gasteiger partial charge in [-0.1, -0.05) is 39.0 Å². The van der Waals surface area contributed by atoms with Crippen LogP contribution in [0.1, 0.15) is 64.4 Å². The monoisotopic (exact) mass is 376 g/mol. The van der Waals surface area contributed by atoms with Crippen LogP contribution in [0.3, 0.4) is 0 Å². The van der Waals surface area contributed by atoms with Gasteiger partial charge in [-0.3, -0.25) is 4.79 Å². The zero-order chi connectivity index (χ0) is 19.4. The molecule has 0 atom stereocenters. The average molecular weight is 376 g/mol. The average Bonchev–Trinajstić information content (AvgIpc) is 3.08. The molecule has 1 aliphatic heterocycles. The smallest absolute Gasteiger partial charge is 0.245 e. The molecule has 1 saturated heterocycles. The zero-order valence-electron chi connectivity index (χ0n) is 16.5. The summed E-state index contributed by atoms with van der Waals surface area (Å²) in [7, 11) is 0. The van der Waals surface area contributed by atoms with Gasteiger partial charge in [0.1, 0.15) is 5.75 Å². The van der Waals surface area contributed by atoms with Crippen molar-refractivity contribution >= 4 is 12.1 Å². The fraction of sp³-hybridized carbons (Fsp3) is 0.619. The maximum Gasteiger partial charge on any atom is 0.245 e. The van der Waals surface area contributed by atoms with E-state index in [1.165, 1.54) is 32.1 Å². The minimum absolute atomic E-state index is 0.121. The van der Waals surface area contributed by atoms with Gasteiger partial charge in [0.25, 0.3) is 0 Å². The lowest BCUT2D eigenvalue weighted by Gasteiger charge is -2.20. The Labute approximate surface area is 162 Å². The highest BCUT2D eigenvalue weighted by Crippen LogP contribution is 2.22. The minimum atomic E-state index is -0.839. The lowest BCUT2D eigenvalue weighted by Crippen LogP contribution is -2.33. The van der Waals surface area contributed by atoms with E-state index in [4.69, 9.17) is 14.2 Å². The van der Waals surface area contributed by atoms with Crippen LogP contribution in [0.25, 0.3) is 0 Å². The van der Waals surface area contributed by atoms with Crippen molar-refractivity contribution in [3.63, 3.8) is 0 Å². The maximum absolute atomic E-state index is 11.9. The Morgan fingerprint density at radius 3 is 2.52 bits per heavy atom. The second-order valence-corrected chi connectivity index (χ2v) is 6.99. The van der Waals surface area contributed by atoms with Gasteiger partial charge < -0.3 is 14.2 Å². The fourth-order valence-electron chi connectivity index (χ4n) is 2.89. The number of hydrogen-bond acceptors (Lipinski definition) is 5. The summed E-state index contributed by atoms with van der Waals surface area (Å²) in [4.78, 5) is 11.9. The molecular weight excluding hydrogens is 344 g/mol. The third kappa shape index (κ3) is 8.54. The molecule has 1 aliphatic rings. The van der Waals surface area contributed by atoms with Gasteiger partial charge in [0.05, 0.1) is 32.5 Å². The summed E-state index contributed by atoms with van der Waals surface area (Å²) < 4.78 is 16.6. The second-order valence-electron chi connectivity index (χ2n) is 6.99. The topological polar surface area (TPSA) is 69.2 Å². The lowest BCUT2D eigenvalue weighted by atomic mass is 10.1. The normalized spacial score (nSPS) is 15.9. The molecule has 150 valence electrons. The molecule has 1 amide bonds. The van der Waals surface area contributed by atoms with E-state index in [9.17, 15) is 4.79 Å². The second kappa shape index (κ2) is 11.7. The van der Waals surface area contributed by atoms with E-state index in [-0.39, 0.29) is 12.3 Å². The van der Waals surface area contributed by atoms with Crippen LogP contribution in [-0.2, 0) is 14.3 Å². The van der Waals surface area contributed by atoms with Gasteiger partial charge in [-0.15, -0.1) is 0 Å². The summed E-state index contributed by atoms with van der Waals surface area (Å²) in [6, 6.07) is 7.66. The van der Waals surface area contributed by atoms with Crippen LogP contribution in [0.2, 0.25) is 0 Å². The van der Waals surface area contributed by atoms with Crippen LogP contribution in [0, 0.1) is 0 Å². The zero-order valence-corrected chi connectivity index (χ0v) is 16.5. The molecule has 1 aromatic carbocycles. The summed E-state index contributed by atoms with van der Waals surface area (Å²) in [5.41, 5.74) is 3.39. The standard InChI is InChI=1S/C21H32N2O4/c1-3-4-5-6-7-8-13-25-19-11-9-18(10-12-19)17-22-23-20(24)16-21(2)26-14-15-27-21/h9-12,17H,3-8,13-16H2,1-2H3,(H,23,24)/b22-17-. The summed E-state index contributed by atoms with van der Waals surface area (Å²) in [5.74, 6) is -0.225. The molecular formula is C21H32N2O4. The number of benzene rings is 1. The quantitative estimate of drug-likeness (QED) is 0.340. The van der Waals surface area contributed by atoms with Crippen molar-refractivity contribution in [2.75, 3.05) is 19.8 Å². The first-order valence-electron chi connectivity index (χ1n) is 9.94. The number of carbonyl (C=O) groups excluding carboxylic acids is 1. The Balaban J connectivity index is 1.63. The molecule has 6 heteroatoms. The molecule has 1 aromatic rings. The van der Waals surface area contributed by atoms with Gasteiger partial charge in [0, 0.05) is 0 Å². The van der Waals surface area contributed by atoms with Crippen molar-refractivity contribution in [2.24, 2.45) is 5.10 Å². The van der Waals surface area contributed by atoms with Crippen molar-refractivity contribution in [3.05, 3.63) is 29.8 Å². The van der Waals surface area contributed by atoms with Crippen LogP contribution >= 0.6 is 0 Å². The molecule has 0 unspecified atom stereocenters.